The first kappa shape index (κ1) is 16.7. The summed E-state index contributed by atoms with van der Waals surface area (Å²) in [6.07, 6.45) is 0.554. The molecule has 1 aromatic rings. The Labute approximate surface area is 132 Å². The molecule has 0 saturated carbocycles. The molecule has 1 heterocycles. The molecule has 1 fully saturated rings. The Hall–Kier alpha value is -1.68. The van der Waals surface area contributed by atoms with Crippen LogP contribution in [0.1, 0.15) is 49.5 Å². The monoisotopic (exact) mass is 303 g/mol. The molecular formula is C18H25NO3. The minimum atomic E-state index is -0.310. The molecule has 0 radical (unpaired) electrons. The average Bonchev–Trinajstić information content (AvgIpc) is 2.47. The van der Waals surface area contributed by atoms with Gasteiger partial charge in [0.2, 0.25) is 5.91 Å². The first-order valence-corrected chi connectivity index (χ1v) is 7.82. The van der Waals surface area contributed by atoms with Crippen molar-refractivity contribution in [3.63, 3.8) is 0 Å². The minimum Gasteiger partial charge on any atom is -0.374 e. The smallest absolute Gasteiger partial charge is 0.223 e. The molecule has 0 spiro atoms. The van der Waals surface area contributed by atoms with Crippen molar-refractivity contribution in [2.75, 3.05) is 13.2 Å². The molecule has 1 aromatic carbocycles. The number of ether oxygens (including phenoxy) is 1. The van der Waals surface area contributed by atoms with Crippen LogP contribution in [0.3, 0.4) is 0 Å². The van der Waals surface area contributed by atoms with E-state index in [4.69, 9.17) is 4.74 Å². The molecule has 1 saturated heterocycles. The third kappa shape index (κ3) is 3.74. The molecule has 1 atom stereocenters. The first-order valence-electron chi connectivity index (χ1n) is 7.82. The highest BCUT2D eigenvalue weighted by Gasteiger charge is 2.36. The highest BCUT2D eigenvalue weighted by atomic mass is 16.5. The van der Waals surface area contributed by atoms with Crippen LogP contribution in [-0.4, -0.2) is 41.4 Å². The summed E-state index contributed by atoms with van der Waals surface area (Å²) in [5, 5.41) is 0. The Bertz CT molecular complexity index is 565. The number of nitrogens with zero attached hydrogens (tertiary/aromatic N) is 1. The molecule has 120 valence electrons. The summed E-state index contributed by atoms with van der Waals surface area (Å²) in [7, 11) is 0. The van der Waals surface area contributed by atoms with Crippen molar-refractivity contribution in [3.05, 3.63) is 35.4 Å². The summed E-state index contributed by atoms with van der Waals surface area (Å²) in [5.74, 6) is 0.0626. The zero-order chi connectivity index (χ0) is 16.3. The fourth-order valence-corrected chi connectivity index (χ4v) is 2.80. The maximum Gasteiger partial charge on any atom is 0.223 e. The predicted octanol–water partition coefficient (Wildman–Crippen LogP) is 2.98. The van der Waals surface area contributed by atoms with E-state index in [2.05, 4.69) is 0 Å². The van der Waals surface area contributed by atoms with Gasteiger partial charge < -0.3 is 9.64 Å². The van der Waals surface area contributed by atoms with E-state index in [0.717, 1.165) is 5.56 Å². The fraction of sp³-hybridized carbons (Fsp3) is 0.556. The summed E-state index contributed by atoms with van der Waals surface area (Å²) in [4.78, 5) is 26.6. The molecule has 0 bridgehead atoms. The Balaban J connectivity index is 1.97. The molecule has 0 aromatic heterocycles. The molecule has 0 N–H and O–H groups in total. The van der Waals surface area contributed by atoms with Crippen LogP contribution in [0.2, 0.25) is 0 Å². The van der Waals surface area contributed by atoms with E-state index in [0.29, 0.717) is 18.7 Å². The van der Waals surface area contributed by atoms with E-state index in [1.54, 1.807) is 0 Å². The normalized spacial score (nSPS) is 20.7. The van der Waals surface area contributed by atoms with Crippen LogP contribution in [0.5, 0.6) is 0 Å². The van der Waals surface area contributed by atoms with E-state index in [1.807, 2.05) is 56.9 Å². The highest BCUT2D eigenvalue weighted by Crippen LogP contribution is 2.23. The van der Waals surface area contributed by atoms with Gasteiger partial charge in [0.1, 0.15) is 0 Å². The van der Waals surface area contributed by atoms with Crippen LogP contribution < -0.4 is 0 Å². The van der Waals surface area contributed by atoms with Crippen molar-refractivity contribution in [2.45, 2.75) is 52.2 Å². The summed E-state index contributed by atoms with van der Waals surface area (Å²) in [6.45, 7) is 9.01. The third-order valence-corrected chi connectivity index (χ3v) is 4.20. The molecule has 0 aliphatic carbocycles. The van der Waals surface area contributed by atoms with Crippen LogP contribution in [-0.2, 0) is 9.53 Å². The Morgan fingerprint density at radius 3 is 2.64 bits per heavy atom. The van der Waals surface area contributed by atoms with Crippen molar-refractivity contribution >= 4 is 11.7 Å². The molecule has 1 unspecified atom stereocenters. The highest BCUT2D eigenvalue weighted by molar-refractivity contribution is 5.99. The number of aryl methyl sites for hydroxylation is 1. The van der Waals surface area contributed by atoms with E-state index in [9.17, 15) is 9.59 Å². The lowest BCUT2D eigenvalue weighted by molar-refractivity contribution is -0.152. The van der Waals surface area contributed by atoms with Gasteiger partial charge in [-0.1, -0.05) is 24.3 Å². The second-order valence-corrected chi connectivity index (χ2v) is 6.68. The topological polar surface area (TPSA) is 46.6 Å². The number of hydrogen-bond acceptors (Lipinski definition) is 3. The molecule has 4 nitrogen and oxygen atoms in total. The van der Waals surface area contributed by atoms with E-state index in [1.165, 1.54) is 0 Å². The third-order valence-electron chi connectivity index (χ3n) is 4.20. The zero-order valence-corrected chi connectivity index (χ0v) is 13.9. The number of morpholine rings is 1. The van der Waals surface area contributed by atoms with Crippen LogP contribution in [0.15, 0.2) is 24.3 Å². The molecule has 22 heavy (non-hydrogen) atoms. The second kappa shape index (κ2) is 6.61. The number of hydrogen-bond donors (Lipinski definition) is 0. The lowest BCUT2D eigenvalue weighted by atomic mass is 9.98. The molecule has 2 rings (SSSR count). The summed E-state index contributed by atoms with van der Waals surface area (Å²) in [6, 6.07) is 7.51. The van der Waals surface area contributed by atoms with Crippen molar-refractivity contribution < 1.29 is 14.3 Å². The lowest BCUT2D eigenvalue weighted by Crippen LogP contribution is -2.57. The van der Waals surface area contributed by atoms with Crippen molar-refractivity contribution in [1.82, 2.24) is 4.90 Å². The van der Waals surface area contributed by atoms with Gasteiger partial charge in [-0.2, -0.15) is 0 Å². The molecule has 4 heteroatoms. The standard InChI is InChI=1S/C18H25NO3/c1-13-7-5-6-8-15(13)16(20)9-10-17(21)19-11-14(2)22-12-18(19,3)4/h5-8,14H,9-12H2,1-4H3. The van der Waals surface area contributed by atoms with Gasteiger partial charge in [0, 0.05) is 24.9 Å². The summed E-state index contributed by atoms with van der Waals surface area (Å²) in [5.41, 5.74) is 1.36. The fourth-order valence-electron chi connectivity index (χ4n) is 2.80. The number of ketones is 1. The number of amides is 1. The van der Waals surface area contributed by atoms with Gasteiger partial charge >= 0.3 is 0 Å². The van der Waals surface area contributed by atoms with Gasteiger partial charge in [-0.05, 0) is 33.3 Å². The summed E-state index contributed by atoms with van der Waals surface area (Å²) >= 11 is 0. The van der Waals surface area contributed by atoms with Gasteiger partial charge in [-0.25, -0.2) is 0 Å². The maximum atomic E-state index is 12.5. The average molecular weight is 303 g/mol. The molecule has 1 aliphatic heterocycles. The Morgan fingerprint density at radius 1 is 1.27 bits per heavy atom. The van der Waals surface area contributed by atoms with Gasteiger partial charge in [0.15, 0.2) is 5.78 Å². The molecule has 1 aliphatic rings. The van der Waals surface area contributed by atoms with Crippen LogP contribution in [0.25, 0.3) is 0 Å². The van der Waals surface area contributed by atoms with Crippen LogP contribution in [0, 0.1) is 6.92 Å². The minimum absolute atomic E-state index is 0.0297. The van der Waals surface area contributed by atoms with Gasteiger partial charge in [-0.15, -0.1) is 0 Å². The summed E-state index contributed by atoms with van der Waals surface area (Å²) < 4.78 is 5.62. The second-order valence-electron chi connectivity index (χ2n) is 6.68. The Morgan fingerprint density at radius 2 is 1.95 bits per heavy atom. The van der Waals surface area contributed by atoms with Gasteiger partial charge in [0.25, 0.3) is 0 Å². The Kier molecular flexibility index (Phi) is 5.01. The van der Waals surface area contributed by atoms with E-state index < -0.39 is 0 Å². The largest absolute Gasteiger partial charge is 0.374 e. The molecule has 1 amide bonds. The quantitative estimate of drug-likeness (QED) is 0.803. The number of carbonyl (C=O) groups is 2. The maximum absolute atomic E-state index is 12.5. The van der Waals surface area contributed by atoms with Crippen molar-refractivity contribution in [1.29, 1.82) is 0 Å². The van der Waals surface area contributed by atoms with E-state index in [-0.39, 0.29) is 36.2 Å². The molecular weight excluding hydrogens is 278 g/mol. The first-order chi connectivity index (χ1) is 10.3. The lowest BCUT2D eigenvalue weighted by Gasteiger charge is -2.44. The van der Waals surface area contributed by atoms with E-state index >= 15 is 0 Å². The zero-order valence-electron chi connectivity index (χ0n) is 13.9. The van der Waals surface area contributed by atoms with Crippen molar-refractivity contribution in [2.24, 2.45) is 0 Å². The number of carbonyl (C=O) groups excluding carboxylic acids is 2. The van der Waals surface area contributed by atoms with Crippen LogP contribution in [0.4, 0.5) is 0 Å². The van der Waals surface area contributed by atoms with Crippen molar-refractivity contribution in [3.8, 4) is 0 Å². The SMILES string of the molecule is Cc1ccccc1C(=O)CCC(=O)N1CC(C)OCC1(C)C. The number of Topliss-reactive ketones (excluding diaryl/α,β-unsaturated/α-hetero) is 1. The van der Waals surface area contributed by atoms with Gasteiger partial charge in [0.05, 0.1) is 18.2 Å². The van der Waals surface area contributed by atoms with Gasteiger partial charge in [-0.3, -0.25) is 9.59 Å². The number of rotatable bonds is 4. The van der Waals surface area contributed by atoms with Crippen LogP contribution >= 0.6 is 0 Å². The predicted molar refractivity (Wildman–Crippen MR) is 85.9 cm³/mol. The number of benzene rings is 1.